The largest absolute Gasteiger partial charge is 0.478 e. The lowest BCUT2D eigenvalue weighted by Crippen LogP contribution is -2.41. The fourth-order valence-electron chi connectivity index (χ4n) is 3.31. The van der Waals surface area contributed by atoms with E-state index in [0.29, 0.717) is 31.1 Å². The Balaban J connectivity index is 2.21. The van der Waals surface area contributed by atoms with E-state index in [1.807, 2.05) is 4.90 Å². The Morgan fingerprint density at radius 2 is 1.52 bits per heavy atom. The predicted octanol–water partition coefficient (Wildman–Crippen LogP) is 5.14. The van der Waals surface area contributed by atoms with E-state index in [9.17, 15) is 9.59 Å². The van der Waals surface area contributed by atoms with E-state index in [2.05, 4.69) is 32.9 Å². The van der Waals surface area contributed by atoms with Crippen LogP contribution in [0.2, 0.25) is 0 Å². The SMILES string of the molecule is CC(=CCCC(C)=CCCC(C)CC(=O)N1CCOCC1)CCC=C(C)C(=O)O. The Morgan fingerprint density at radius 1 is 0.966 bits per heavy atom. The topological polar surface area (TPSA) is 66.8 Å². The molecule has 0 aromatic heterocycles. The Labute approximate surface area is 176 Å². The molecule has 1 saturated heterocycles. The van der Waals surface area contributed by atoms with Crippen LogP contribution in [-0.2, 0) is 14.3 Å². The molecule has 0 radical (unpaired) electrons. The number of allylic oxidation sites excluding steroid dienone is 5. The smallest absolute Gasteiger partial charge is 0.330 e. The van der Waals surface area contributed by atoms with Crippen molar-refractivity contribution in [2.75, 3.05) is 26.3 Å². The first kappa shape index (κ1) is 25.2. The van der Waals surface area contributed by atoms with Crippen LogP contribution in [0, 0.1) is 5.92 Å². The summed E-state index contributed by atoms with van der Waals surface area (Å²) >= 11 is 0. The zero-order valence-corrected chi connectivity index (χ0v) is 18.7. The molecule has 1 N–H and O–H groups in total. The molecule has 1 aliphatic heterocycles. The van der Waals surface area contributed by atoms with Gasteiger partial charge in [0.25, 0.3) is 0 Å². The molecule has 1 atom stereocenters. The molecule has 0 bridgehead atoms. The van der Waals surface area contributed by atoms with Gasteiger partial charge >= 0.3 is 5.97 Å². The van der Waals surface area contributed by atoms with Gasteiger partial charge in [0.15, 0.2) is 0 Å². The van der Waals surface area contributed by atoms with E-state index in [0.717, 1.165) is 51.6 Å². The Hall–Kier alpha value is -1.88. The molecule has 1 rings (SSSR count). The molecule has 0 aromatic carbocycles. The lowest BCUT2D eigenvalue weighted by molar-refractivity contribution is -0.136. The number of hydrogen-bond donors (Lipinski definition) is 1. The van der Waals surface area contributed by atoms with Crippen molar-refractivity contribution in [3.63, 3.8) is 0 Å². The van der Waals surface area contributed by atoms with Crippen LogP contribution in [-0.4, -0.2) is 48.2 Å². The normalized spacial score (nSPS) is 17.4. The number of hydrogen-bond acceptors (Lipinski definition) is 3. The van der Waals surface area contributed by atoms with Crippen LogP contribution in [0.15, 0.2) is 34.9 Å². The number of carboxylic acid groups (broad SMARTS) is 1. The van der Waals surface area contributed by atoms with E-state index in [-0.39, 0.29) is 5.91 Å². The third-order valence-corrected chi connectivity index (χ3v) is 5.40. The van der Waals surface area contributed by atoms with Gasteiger partial charge in [0.05, 0.1) is 13.2 Å². The zero-order chi connectivity index (χ0) is 21.6. The van der Waals surface area contributed by atoms with Crippen molar-refractivity contribution in [3.8, 4) is 0 Å². The maximum Gasteiger partial charge on any atom is 0.330 e. The van der Waals surface area contributed by atoms with Crippen molar-refractivity contribution < 1.29 is 19.4 Å². The van der Waals surface area contributed by atoms with Gasteiger partial charge in [-0.3, -0.25) is 4.79 Å². The molecule has 0 spiro atoms. The van der Waals surface area contributed by atoms with E-state index in [1.54, 1.807) is 13.0 Å². The molecule has 5 heteroatoms. The molecule has 29 heavy (non-hydrogen) atoms. The van der Waals surface area contributed by atoms with Gasteiger partial charge in [0, 0.05) is 25.1 Å². The molecule has 0 saturated carbocycles. The van der Waals surface area contributed by atoms with Crippen molar-refractivity contribution in [2.24, 2.45) is 5.92 Å². The summed E-state index contributed by atoms with van der Waals surface area (Å²) in [5.41, 5.74) is 3.11. The highest BCUT2D eigenvalue weighted by atomic mass is 16.5. The van der Waals surface area contributed by atoms with Gasteiger partial charge in [-0.15, -0.1) is 0 Å². The molecule has 1 unspecified atom stereocenters. The highest BCUT2D eigenvalue weighted by molar-refractivity contribution is 5.85. The van der Waals surface area contributed by atoms with Gasteiger partial charge in [0.2, 0.25) is 5.91 Å². The van der Waals surface area contributed by atoms with Crippen LogP contribution in [0.4, 0.5) is 0 Å². The quantitative estimate of drug-likeness (QED) is 0.361. The van der Waals surface area contributed by atoms with Crippen LogP contribution in [0.3, 0.4) is 0 Å². The first-order valence-corrected chi connectivity index (χ1v) is 10.9. The number of amides is 1. The lowest BCUT2D eigenvalue weighted by Gasteiger charge is -2.27. The minimum atomic E-state index is -0.841. The highest BCUT2D eigenvalue weighted by Crippen LogP contribution is 2.16. The summed E-state index contributed by atoms with van der Waals surface area (Å²) in [6.07, 6.45) is 12.8. The fraction of sp³-hybridized carbons (Fsp3) is 0.667. The number of rotatable bonds is 12. The van der Waals surface area contributed by atoms with Crippen molar-refractivity contribution in [3.05, 3.63) is 34.9 Å². The molecule has 0 aliphatic carbocycles. The minimum Gasteiger partial charge on any atom is -0.478 e. The average Bonchev–Trinajstić information content (AvgIpc) is 2.68. The summed E-state index contributed by atoms with van der Waals surface area (Å²) in [5.74, 6) is -0.179. The molecule has 5 nitrogen and oxygen atoms in total. The summed E-state index contributed by atoms with van der Waals surface area (Å²) in [5, 5.41) is 8.84. The fourth-order valence-corrected chi connectivity index (χ4v) is 3.31. The second-order valence-electron chi connectivity index (χ2n) is 8.25. The van der Waals surface area contributed by atoms with Crippen LogP contribution >= 0.6 is 0 Å². The van der Waals surface area contributed by atoms with E-state index < -0.39 is 5.97 Å². The van der Waals surface area contributed by atoms with Crippen molar-refractivity contribution in [2.45, 2.75) is 72.6 Å². The number of morpholine rings is 1. The molecule has 1 aliphatic rings. The summed E-state index contributed by atoms with van der Waals surface area (Å²) in [6.45, 7) is 10.9. The summed E-state index contributed by atoms with van der Waals surface area (Å²) < 4.78 is 5.30. The minimum absolute atomic E-state index is 0.260. The number of nitrogens with zero attached hydrogens (tertiary/aromatic N) is 1. The number of carbonyl (C=O) groups excluding carboxylic acids is 1. The van der Waals surface area contributed by atoms with Gasteiger partial charge in [-0.2, -0.15) is 0 Å². The first-order valence-electron chi connectivity index (χ1n) is 10.9. The van der Waals surface area contributed by atoms with Crippen LogP contribution < -0.4 is 0 Å². The number of carboxylic acids is 1. The molecule has 1 amide bonds. The molecule has 1 heterocycles. The van der Waals surface area contributed by atoms with E-state index in [1.165, 1.54) is 11.1 Å². The van der Waals surface area contributed by atoms with Gasteiger partial charge < -0.3 is 14.7 Å². The van der Waals surface area contributed by atoms with E-state index >= 15 is 0 Å². The molecular formula is C24H39NO4. The highest BCUT2D eigenvalue weighted by Gasteiger charge is 2.18. The van der Waals surface area contributed by atoms with Crippen LogP contribution in [0.1, 0.15) is 72.6 Å². The number of ether oxygens (including phenoxy) is 1. The Kier molecular flexibility index (Phi) is 12.3. The average molecular weight is 406 g/mol. The predicted molar refractivity (Wildman–Crippen MR) is 118 cm³/mol. The Bertz CT molecular complexity index is 612. The molecular weight excluding hydrogens is 366 g/mol. The Morgan fingerprint density at radius 3 is 2.10 bits per heavy atom. The maximum atomic E-state index is 12.3. The van der Waals surface area contributed by atoms with Crippen molar-refractivity contribution in [1.29, 1.82) is 0 Å². The number of aliphatic carboxylic acids is 1. The van der Waals surface area contributed by atoms with Crippen LogP contribution in [0.25, 0.3) is 0 Å². The molecule has 0 aromatic rings. The second kappa shape index (κ2) is 14.2. The summed E-state index contributed by atoms with van der Waals surface area (Å²) in [4.78, 5) is 25.0. The van der Waals surface area contributed by atoms with E-state index in [4.69, 9.17) is 9.84 Å². The monoisotopic (exact) mass is 405 g/mol. The first-order chi connectivity index (χ1) is 13.8. The zero-order valence-electron chi connectivity index (χ0n) is 18.7. The third kappa shape index (κ3) is 11.6. The van der Waals surface area contributed by atoms with Gasteiger partial charge in [0.1, 0.15) is 0 Å². The summed E-state index contributed by atoms with van der Waals surface area (Å²) in [7, 11) is 0. The number of carbonyl (C=O) groups is 2. The van der Waals surface area contributed by atoms with Crippen molar-refractivity contribution >= 4 is 11.9 Å². The maximum absolute atomic E-state index is 12.3. The standard InChI is InChI=1S/C24H39NO4/c1-19(8-5-9-20(2)11-7-13-22(4)24(27)28)10-6-12-21(3)18-23(26)25-14-16-29-17-15-25/h9-10,13,21H,5-8,11-12,14-18H2,1-4H3,(H,27,28). The molecule has 1 fully saturated rings. The van der Waals surface area contributed by atoms with Crippen LogP contribution in [0.5, 0.6) is 0 Å². The lowest BCUT2D eigenvalue weighted by atomic mass is 9.99. The van der Waals surface area contributed by atoms with Gasteiger partial charge in [-0.1, -0.05) is 36.3 Å². The molecule has 164 valence electrons. The summed E-state index contributed by atoms with van der Waals surface area (Å²) in [6, 6.07) is 0. The van der Waals surface area contributed by atoms with Crippen molar-refractivity contribution in [1.82, 2.24) is 4.90 Å². The second-order valence-corrected chi connectivity index (χ2v) is 8.25. The third-order valence-electron chi connectivity index (χ3n) is 5.40. The van der Waals surface area contributed by atoms with Gasteiger partial charge in [-0.25, -0.2) is 4.79 Å². The van der Waals surface area contributed by atoms with Gasteiger partial charge in [-0.05, 0) is 65.2 Å².